The molecule has 0 spiro atoms. The molecule has 0 saturated heterocycles. The minimum absolute atomic E-state index is 0.651. The standard InChI is InChI=1S/C31H20BrN3/c32-26-19-17-25(18-20-26)30-33-29(24-15-13-22(14-16-24)21-7-2-1-3-8-21)34-31(35-30)28-12-6-10-23-9-4-5-11-27(23)28/h1-20H. The van der Waals surface area contributed by atoms with Crippen LogP contribution in [-0.4, -0.2) is 15.0 Å². The first-order valence-corrected chi connectivity index (χ1v) is 12.2. The number of halogens is 1. The van der Waals surface area contributed by atoms with E-state index >= 15 is 0 Å². The van der Waals surface area contributed by atoms with Crippen molar-refractivity contribution in [3.63, 3.8) is 0 Å². The smallest absolute Gasteiger partial charge is 0.164 e. The molecule has 0 aliphatic carbocycles. The summed E-state index contributed by atoms with van der Waals surface area (Å²) in [5, 5.41) is 2.28. The van der Waals surface area contributed by atoms with Crippen LogP contribution in [0.25, 0.3) is 56.1 Å². The Hall–Kier alpha value is -4.15. The van der Waals surface area contributed by atoms with Gasteiger partial charge in [0.15, 0.2) is 17.5 Å². The van der Waals surface area contributed by atoms with Crippen LogP contribution in [0, 0.1) is 0 Å². The highest BCUT2D eigenvalue weighted by molar-refractivity contribution is 9.10. The van der Waals surface area contributed by atoms with Gasteiger partial charge in [0.2, 0.25) is 0 Å². The van der Waals surface area contributed by atoms with E-state index in [-0.39, 0.29) is 0 Å². The molecule has 1 aromatic heterocycles. The van der Waals surface area contributed by atoms with Crippen LogP contribution in [0.5, 0.6) is 0 Å². The highest BCUT2D eigenvalue weighted by atomic mass is 79.9. The van der Waals surface area contributed by atoms with E-state index in [0.717, 1.165) is 37.5 Å². The van der Waals surface area contributed by atoms with E-state index in [1.807, 2.05) is 42.5 Å². The molecule has 0 radical (unpaired) electrons. The van der Waals surface area contributed by atoms with Gasteiger partial charge in [-0.05, 0) is 34.0 Å². The first-order chi connectivity index (χ1) is 17.2. The summed E-state index contributed by atoms with van der Waals surface area (Å²) in [4.78, 5) is 14.7. The topological polar surface area (TPSA) is 38.7 Å². The summed E-state index contributed by atoms with van der Waals surface area (Å²) in [5.74, 6) is 1.97. The fourth-order valence-corrected chi connectivity index (χ4v) is 4.48. The largest absolute Gasteiger partial charge is 0.208 e. The highest BCUT2D eigenvalue weighted by Crippen LogP contribution is 2.30. The molecule has 6 aromatic rings. The Labute approximate surface area is 212 Å². The fourth-order valence-electron chi connectivity index (χ4n) is 4.22. The van der Waals surface area contributed by atoms with E-state index in [9.17, 15) is 0 Å². The molecule has 0 N–H and O–H groups in total. The third-order valence-corrected chi connectivity index (χ3v) is 6.55. The number of hydrogen-bond donors (Lipinski definition) is 0. The summed E-state index contributed by atoms with van der Waals surface area (Å²) in [6, 6.07) is 41.4. The van der Waals surface area contributed by atoms with Crippen molar-refractivity contribution in [2.75, 3.05) is 0 Å². The van der Waals surface area contributed by atoms with Gasteiger partial charge in [-0.2, -0.15) is 0 Å². The van der Waals surface area contributed by atoms with Gasteiger partial charge in [0, 0.05) is 21.2 Å². The quantitative estimate of drug-likeness (QED) is 0.237. The molecule has 0 unspecified atom stereocenters. The van der Waals surface area contributed by atoms with Gasteiger partial charge in [0.05, 0.1) is 0 Å². The molecule has 0 bridgehead atoms. The second kappa shape index (κ2) is 9.24. The molecule has 166 valence electrons. The van der Waals surface area contributed by atoms with E-state index in [4.69, 9.17) is 15.0 Å². The summed E-state index contributed by atoms with van der Waals surface area (Å²) in [6.45, 7) is 0. The Kier molecular flexibility index (Phi) is 5.65. The van der Waals surface area contributed by atoms with E-state index in [0.29, 0.717) is 17.5 Å². The molecule has 6 rings (SSSR count). The summed E-state index contributed by atoms with van der Waals surface area (Å²) < 4.78 is 1.02. The molecule has 5 aromatic carbocycles. The van der Waals surface area contributed by atoms with Crippen LogP contribution in [0.15, 0.2) is 126 Å². The van der Waals surface area contributed by atoms with Crippen molar-refractivity contribution in [2.24, 2.45) is 0 Å². The Balaban J connectivity index is 1.51. The summed E-state index contributed by atoms with van der Waals surface area (Å²) in [6.07, 6.45) is 0. The number of aromatic nitrogens is 3. The van der Waals surface area contributed by atoms with Crippen LogP contribution in [0.4, 0.5) is 0 Å². The van der Waals surface area contributed by atoms with Gasteiger partial charge in [-0.1, -0.05) is 125 Å². The Morgan fingerprint density at radius 2 is 0.914 bits per heavy atom. The maximum Gasteiger partial charge on any atom is 0.164 e. The van der Waals surface area contributed by atoms with Crippen LogP contribution in [0.1, 0.15) is 0 Å². The third-order valence-electron chi connectivity index (χ3n) is 6.02. The van der Waals surface area contributed by atoms with E-state index in [1.54, 1.807) is 0 Å². The van der Waals surface area contributed by atoms with Gasteiger partial charge in [-0.15, -0.1) is 0 Å². The van der Waals surface area contributed by atoms with Gasteiger partial charge in [-0.25, -0.2) is 15.0 Å². The van der Waals surface area contributed by atoms with Crippen LogP contribution >= 0.6 is 15.9 Å². The lowest BCUT2D eigenvalue weighted by Crippen LogP contribution is -2.00. The van der Waals surface area contributed by atoms with E-state index in [1.165, 1.54) is 5.56 Å². The first-order valence-electron chi connectivity index (χ1n) is 11.4. The van der Waals surface area contributed by atoms with Crippen molar-refractivity contribution >= 4 is 26.7 Å². The van der Waals surface area contributed by atoms with Crippen LogP contribution in [0.2, 0.25) is 0 Å². The van der Waals surface area contributed by atoms with Crippen molar-refractivity contribution in [2.45, 2.75) is 0 Å². The zero-order valence-electron chi connectivity index (χ0n) is 18.8. The summed E-state index contributed by atoms with van der Waals surface area (Å²) >= 11 is 3.52. The minimum Gasteiger partial charge on any atom is -0.208 e. The Bertz CT molecular complexity index is 1620. The maximum atomic E-state index is 4.94. The first kappa shape index (κ1) is 21.4. The van der Waals surface area contributed by atoms with Crippen molar-refractivity contribution < 1.29 is 0 Å². The van der Waals surface area contributed by atoms with Crippen molar-refractivity contribution in [1.29, 1.82) is 0 Å². The molecule has 35 heavy (non-hydrogen) atoms. The minimum atomic E-state index is 0.651. The average molecular weight is 514 g/mol. The molecule has 0 amide bonds. The summed E-state index contributed by atoms with van der Waals surface area (Å²) in [5.41, 5.74) is 5.23. The molecule has 1 heterocycles. The van der Waals surface area contributed by atoms with Gasteiger partial charge in [0.1, 0.15) is 0 Å². The predicted molar refractivity (Wildman–Crippen MR) is 147 cm³/mol. The van der Waals surface area contributed by atoms with Crippen molar-refractivity contribution in [3.8, 4) is 45.3 Å². The molecule has 4 heteroatoms. The lowest BCUT2D eigenvalue weighted by Gasteiger charge is -2.11. The van der Waals surface area contributed by atoms with Crippen LogP contribution < -0.4 is 0 Å². The van der Waals surface area contributed by atoms with Gasteiger partial charge < -0.3 is 0 Å². The third kappa shape index (κ3) is 4.36. The number of hydrogen-bond acceptors (Lipinski definition) is 3. The van der Waals surface area contributed by atoms with Gasteiger partial charge >= 0.3 is 0 Å². The normalized spacial score (nSPS) is 11.0. The average Bonchev–Trinajstić information content (AvgIpc) is 2.93. The number of rotatable bonds is 4. The lowest BCUT2D eigenvalue weighted by molar-refractivity contribution is 1.08. The molecule has 0 atom stereocenters. The molecule has 3 nitrogen and oxygen atoms in total. The Morgan fingerprint density at radius 1 is 0.400 bits per heavy atom. The van der Waals surface area contributed by atoms with Crippen molar-refractivity contribution in [1.82, 2.24) is 15.0 Å². The number of fused-ring (bicyclic) bond motifs is 1. The number of nitrogens with zero attached hydrogens (tertiary/aromatic N) is 3. The molecular formula is C31H20BrN3. The van der Waals surface area contributed by atoms with Crippen molar-refractivity contribution in [3.05, 3.63) is 126 Å². The van der Waals surface area contributed by atoms with Gasteiger partial charge in [0.25, 0.3) is 0 Å². The van der Waals surface area contributed by atoms with Crippen LogP contribution in [-0.2, 0) is 0 Å². The molecule has 0 aliphatic rings. The second-order valence-electron chi connectivity index (χ2n) is 8.28. The zero-order valence-corrected chi connectivity index (χ0v) is 20.4. The summed E-state index contributed by atoms with van der Waals surface area (Å²) in [7, 11) is 0. The monoisotopic (exact) mass is 513 g/mol. The Morgan fingerprint density at radius 3 is 1.63 bits per heavy atom. The molecule has 0 aliphatic heterocycles. The molecule has 0 fully saturated rings. The highest BCUT2D eigenvalue weighted by Gasteiger charge is 2.14. The fraction of sp³-hybridized carbons (Fsp3) is 0. The van der Waals surface area contributed by atoms with Crippen LogP contribution in [0.3, 0.4) is 0 Å². The predicted octanol–water partition coefficient (Wildman–Crippen LogP) is 8.46. The number of benzene rings is 5. The zero-order chi connectivity index (χ0) is 23.6. The lowest BCUT2D eigenvalue weighted by atomic mass is 10.0. The molecular weight excluding hydrogens is 494 g/mol. The SMILES string of the molecule is Brc1ccc(-c2nc(-c3ccc(-c4ccccc4)cc3)nc(-c3cccc4ccccc34)n2)cc1. The molecule has 0 saturated carbocycles. The second-order valence-corrected chi connectivity index (χ2v) is 9.20. The van der Waals surface area contributed by atoms with E-state index < -0.39 is 0 Å². The van der Waals surface area contributed by atoms with E-state index in [2.05, 4.69) is 94.8 Å². The maximum absolute atomic E-state index is 4.94. The van der Waals surface area contributed by atoms with Gasteiger partial charge in [-0.3, -0.25) is 0 Å².